The molecule has 0 radical (unpaired) electrons. The van der Waals surface area contributed by atoms with E-state index in [1.807, 2.05) is 18.3 Å². The Morgan fingerprint density at radius 1 is 0.950 bits per heavy atom. The number of fused-ring (bicyclic) bond motifs is 7. The summed E-state index contributed by atoms with van der Waals surface area (Å²) < 4.78 is 20.7. The number of nitrogens with zero attached hydrogens (tertiary/aromatic N) is 8. The van der Waals surface area contributed by atoms with E-state index in [-0.39, 0.29) is 54.2 Å². The second-order valence-electron chi connectivity index (χ2n) is 26.1. The van der Waals surface area contributed by atoms with Gasteiger partial charge in [-0.15, -0.1) is 0 Å². The highest BCUT2D eigenvalue weighted by Gasteiger charge is 2.59. The molecule has 1 aliphatic carbocycles. The van der Waals surface area contributed by atoms with Crippen LogP contribution in [-0.4, -0.2) is 187 Å². The summed E-state index contributed by atoms with van der Waals surface area (Å²) in [7, 11) is 3.83. The van der Waals surface area contributed by atoms with Crippen molar-refractivity contribution in [1.29, 1.82) is 0 Å². The van der Waals surface area contributed by atoms with Gasteiger partial charge in [-0.25, -0.2) is 5.43 Å². The van der Waals surface area contributed by atoms with E-state index in [4.69, 9.17) is 19.2 Å². The van der Waals surface area contributed by atoms with Crippen LogP contribution in [0.25, 0.3) is 33.3 Å². The largest absolute Gasteiger partial charge is 0.464 e. The molecule has 2 aromatic heterocycles. The monoisotopic (exact) mass is 1090 g/mol. The maximum atomic E-state index is 15.1. The third-order valence-corrected chi connectivity index (χ3v) is 19.5. The molecule has 8 aliphatic rings. The van der Waals surface area contributed by atoms with Gasteiger partial charge in [0, 0.05) is 106 Å². The molecule has 7 aliphatic heterocycles. The van der Waals surface area contributed by atoms with Crippen LogP contribution in [0.15, 0.2) is 54.7 Å². The SMILES string of the molecule is CCn1c(-c2cc(N3CCN4CCOC[C@@H]4C3)cnc2[C@H](C)OC)c2c3cc(ccc31)-c1cccc(c1)C[C@H](NC(=O)[C@H](C(C)C)N1CC[C@]3(CCN(C(=O)[C@H]4[C@@H](C5CC5)N4C)C3)C1)C(=O)N1CCC[C@H](N1)C(=O)OCC(C)(C)C2. The number of hydrogen-bond acceptors (Lipinski definition) is 13. The summed E-state index contributed by atoms with van der Waals surface area (Å²) in [5, 5.41) is 5.98. The average Bonchev–Trinajstić information content (AvgIpc) is 4.03. The van der Waals surface area contributed by atoms with Crippen LogP contribution in [-0.2, 0) is 52.8 Å². The lowest BCUT2D eigenvalue weighted by atomic mass is 9.84. The van der Waals surface area contributed by atoms with Gasteiger partial charge in [0.25, 0.3) is 5.91 Å². The van der Waals surface area contributed by atoms with Crippen LogP contribution in [0.2, 0.25) is 0 Å². The number of methoxy groups -OCH3 is 1. The third kappa shape index (κ3) is 10.7. The van der Waals surface area contributed by atoms with Crippen molar-refractivity contribution in [2.75, 3.05) is 97.8 Å². The van der Waals surface area contributed by atoms with Crippen LogP contribution >= 0.6 is 0 Å². The number of likely N-dealkylation sites (tertiary alicyclic amines) is 2. The van der Waals surface area contributed by atoms with Gasteiger partial charge in [-0.1, -0.05) is 58.0 Å². The van der Waals surface area contributed by atoms with E-state index in [1.165, 1.54) is 12.8 Å². The Bertz CT molecular complexity index is 3010. The molecule has 2 N–H and O–H groups in total. The summed E-state index contributed by atoms with van der Waals surface area (Å²) in [6.07, 6.45) is 8.00. The Labute approximate surface area is 472 Å². The molecule has 17 nitrogen and oxygen atoms in total. The summed E-state index contributed by atoms with van der Waals surface area (Å²) in [6.45, 7) is 22.2. The lowest BCUT2D eigenvalue weighted by Gasteiger charge is -2.44. The maximum Gasteiger partial charge on any atom is 0.324 e. The van der Waals surface area contributed by atoms with Crippen LogP contribution in [0.3, 0.4) is 0 Å². The Balaban J connectivity index is 0.871. The predicted octanol–water partition coefficient (Wildman–Crippen LogP) is 6.31. The summed E-state index contributed by atoms with van der Waals surface area (Å²) in [5.41, 5.74) is 12.0. The number of likely N-dealkylation sites (N-methyl/N-ethyl adjacent to an activating group) is 1. The van der Waals surface area contributed by atoms with Crippen molar-refractivity contribution in [1.82, 2.24) is 44.9 Å². The number of nitrogens with one attached hydrogen (secondary N) is 2. The molecule has 430 valence electrons. The summed E-state index contributed by atoms with van der Waals surface area (Å²) in [4.78, 5) is 75.1. The number of carbonyl (C=O) groups excluding carboxylic acids is 4. The van der Waals surface area contributed by atoms with Crippen LogP contribution in [0.1, 0.15) is 103 Å². The van der Waals surface area contributed by atoms with Gasteiger partial charge in [-0.2, -0.15) is 0 Å². The Morgan fingerprint density at radius 2 is 1.76 bits per heavy atom. The first-order valence-corrected chi connectivity index (χ1v) is 30.2. The smallest absolute Gasteiger partial charge is 0.324 e. The third-order valence-electron chi connectivity index (χ3n) is 19.5. The molecule has 1 saturated carbocycles. The second-order valence-corrected chi connectivity index (χ2v) is 26.1. The number of piperazine rings is 1. The van der Waals surface area contributed by atoms with Gasteiger partial charge in [0.15, 0.2) is 0 Å². The van der Waals surface area contributed by atoms with Crippen molar-refractivity contribution in [3.8, 4) is 22.4 Å². The number of benzene rings is 2. The molecule has 6 bridgehead atoms. The van der Waals surface area contributed by atoms with E-state index in [9.17, 15) is 9.59 Å². The fourth-order valence-electron chi connectivity index (χ4n) is 14.9. The molecule has 4 aromatic rings. The molecule has 6 saturated heterocycles. The number of hydrogen-bond donors (Lipinski definition) is 2. The molecule has 9 atom stereocenters. The molecular weight excluding hydrogens is 1010 g/mol. The Kier molecular flexibility index (Phi) is 15.2. The van der Waals surface area contributed by atoms with E-state index in [2.05, 4.69) is 125 Å². The number of aryl methyl sites for hydroxylation is 1. The minimum Gasteiger partial charge on any atom is -0.464 e. The molecular formula is C63H86N10O7. The van der Waals surface area contributed by atoms with Crippen molar-refractivity contribution >= 4 is 40.3 Å². The first-order chi connectivity index (χ1) is 38.5. The fourth-order valence-corrected chi connectivity index (χ4v) is 14.9. The van der Waals surface area contributed by atoms with Gasteiger partial charge in [0.2, 0.25) is 11.8 Å². The van der Waals surface area contributed by atoms with E-state index < -0.39 is 29.5 Å². The number of pyridine rings is 1. The van der Waals surface area contributed by atoms with Gasteiger partial charge in [-0.3, -0.25) is 43.9 Å². The zero-order chi connectivity index (χ0) is 55.8. The zero-order valence-electron chi connectivity index (χ0n) is 48.7. The average molecular weight is 1100 g/mol. The molecule has 2 aromatic carbocycles. The first-order valence-electron chi connectivity index (χ1n) is 30.2. The molecule has 3 amide bonds. The number of rotatable bonds is 11. The first kappa shape index (κ1) is 55.1. The Hall–Kier alpha value is -5.43. The van der Waals surface area contributed by atoms with Gasteiger partial charge in [-0.05, 0) is 125 Å². The van der Waals surface area contributed by atoms with Crippen molar-refractivity contribution in [3.63, 3.8) is 0 Å². The predicted molar refractivity (Wildman–Crippen MR) is 309 cm³/mol. The highest BCUT2D eigenvalue weighted by molar-refractivity contribution is 5.96. The normalized spacial score (nSPS) is 29.2. The Morgan fingerprint density at radius 3 is 2.55 bits per heavy atom. The fraction of sp³-hybridized carbons (Fsp3) is 0.635. The molecule has 1 spiro atoms. The number of aromatic nitrogens is 2. The van der Waals surface area contributed by atoms with Crippen LogP contribution in [0.4, 0.5) is 5.69 Å². The van der Waals surface area contributed by atoms with Gasteiger partial charge >= 0.3 is 5.97 Å². The number of cyclic esters (lactones) is 1. The molecule has 17 heteroatoms. The lowest BCUT2D eigenvalue weighted by Crippen LogP contribution is -2.62. The minimum atomic E-state index is -0.923. The number of carbonyl (C=O) groups is 4. The number of amides is 3. The summed E-state index contributed by atoms with van der Waals surface area (Å²) in [6, 6.07) is 16.0. The van der Waals surface area contributed by atoms with E-state index in [1.54, 1.807) is 12.1 Å². The quantitative estimate of drug-likeness (QED) is 0.128. The van der Waals surface area contributed by atoms with Gasteiger partial charge in [0.1, 0.15) is 18.1 Å². The van der Waals surface area contributed by atoms with Crippen molar-refractivity contribution in [2.45, 2.75) is 142 Å². The number of hydrazine groups is 1. The molecule has 80 heavy (non-hydrogen) atoms. The molecule has 1 unspecified atom stereocenters. The lowest BCUT2D eigenvalue weighted by molar-refractivity contribution is -0.155. The van der Waals surface area contributed by atoms with E-state index in [0.717, 1.165) is 134 Å². The standard InChI is InChI=1S/C63H86N10O7/c1-9-72-52-18-17-44-30-47(52)49(56(72)48-31-45(33-64-53(48)40(4)78-8)69-25-24-68-26-27-79-35-46(68)34-69)32-62(5,6)38-80-61(77)50-14-11-21-73(66-50)59(75)51(29-41-12-10-13-43(44)28-41)65-58(74)54(39(2)3)70-22-19-63(36-70)20-23-71(37-63)60(76)57-55(67(57)7)42-15-16-42/h10,12-13,17-18,28,30-31,33,39-40,42,46,50-51,54-55,57,66H,9,11,14-16,19-27,29,32,34-38H2,1-8H3,(H,65,74)/t40-,46-,50-,51-,54-,55+,57+,63-,67?/m0/s1. The molecule has 9 heterocycles. The van der Waals surface area contributed by atoms with Crippen LogP contribution in [0, 0.1) is 22.7 Å². The van der Waals surface area contributed by atoms with Gasteiger partial charge < -0.3 is 33.9 Å². The van der Waals surface area contributed by atoms with Crippen LogP contribution < -0.4 is 15.6 Å². The number of esters is 1. The van der Waals surface area contributed by atoms with Crippen LogP contribution in [0.5, 0.6) is 0 Å². The van der Waals surface area contributed by atoms with Crippen molar-refractivity contribution in [3.05, 3.63) is 71.5 Å². The zero-order valence-corrected chi connectivity index (χ0v) is 48.7. The maximum absolute atomic E-state index is 15.1. The summed E-state index contributed by atoms with van der Waals surface area (Å²) in [5.74, 6) is 0.0386. The number of morpholine rings is 1. The van der Waals surface area contributed by atoms with Gasteiger partial charge in [0.05, 0.1) is 61.3 Å². The summed E-state index contributed by atoms with van der Waals surface area (Å²) >= 11 is 0. The van der Waals surface area contributed by atoms with E-state index >= 15 is 9.59 Å². The highest BCUT2D eigenvalue weighted by Crippen LogP contribution is 2.49. The molecule has 7 fully saturated rings. The van der Waals surface area contributed by atoms with Crippen molar-refractivity contribution < 1.29 is 33.4 Å². The number of ether oxygens (including phenoxy) is 3. The number of anilines is 1. The highest BCUT2D eigenvalue weighted by atomic mass is 16.5. The second kappa shape index (κ2) is 22.0. The molecule has 12 rings (SSSR count). The topological polar surface area (TPSA) is 157 Å². The van der Waals surface area contributed by atoms with Crippen molar-refractivity contribution in [2.24, 2.45) is 22.7 Å². The van der Waals surface area contributed by atoms with E-state index in [0.29, 0.717) is 50.4 Å². The minimum absolute atomic E-state index is 0.0160.